The van der Waals surface area contributed by atoms with Gasteiger partial charge < -0.3 is 11.1 Å². The van der Waals surface area contributed by atoms with Gasteiger partial charge in [0.2, 0.25) is 0 Å². The second-order valence-corrected chi connectivity index (χ2v) is 6.31. The first-order valence-corrected chi connectivity index (χ1v) is 7.67. The van der Waals surface area contributed by atoms with Crippen molar-refractivity contribution in [2.75, 3.05) is 5.32 Å². The molecule has 0 aromatic heterocycles. The van der Waals surface area contributed by atoms with Gasteiger partial charge in [0.1, 0.15) is 10.8 Å². The van der Waals surface area contributed by atoms with Crippen LogP contribution < -0.4 is 11.1 Å². The molecule has 110 valence electrons. The minimum atomic E-state index is -0.148. The summed E-state index contributed by atoms with van der Waals surface area (Å²) in [6.45, 7) is 4.12. The quantitative estimate of drug-likeness (QED) is 0.784. The molecule has 0 unspecified atom stereocenters. The number of hydrogen-bond acceptors (Lipinski definition) is 2. The van der Waals surface area contributed by atoms with Crippen molar-refractivity contribution in [1.82, 2.24) is 0 Å². The molecule has 0 aliphatic carbocycles. The highest BCUT2D eigenvalue weighted by molar-refractivity contribution is 9.10. The lowest BCUT2D eigenvalue weighted by molar-refractivity contribution is 0.608. The van der Waals surface area contributed by atoms with E-state index in [1.807, 2.05) is 30.3 Å². The van der Waals surface area contributed by atoms with Crippen molar-refractivity contribution in [1.29, 1.82) is 0 Å². The molecule has 0 fully saturated rings. The van der Waals surface area contributed by atoms with Crippen molar-refractivity contribution in [3.8, 4) is 0 Å². The molecule has 0 amide bonds. The fraction of sp³-hybridized carbons (Fsp3) is 0.188. The number of halogens is 2. The normalized spacial score (nSPS) is 10.5. The average Bonchev–Trinajstić information content (AvgIpc) is 2.42. The van der Waals surface area contributed by atoms with Crippen LogP contribution in [0.1, 0.15) is 22.3 Å². The van der Waals surface area contributed by atoms with Gasteiger partial charge in [-0.2, -0.15) is 0 Å². The van der Waals surface area contributed by atoms with Crippen LogP contribution in [0.4, 0.5) is 10.1 Å². The monoisotopic (exact) mass is 366 g/mol. The third kappa shape index (κ3) is 3.80. The molecule has 0 spiro atoms. The van der Waals surface area contributed by atoms with Gasteiger partial charge in [0, 0.05) is 22.3 Å². The van der Waals surface area contributed by atoms with E-state index in [1.54, 1.807) is 13.8 Å². The summed E-state index contributed by atoms with van der Waals surface area (Å²) in [7, 11) is 0. The molecule has 2 aromatic carbocycles. The lowest BCUT2D eigenvalue weighted by atomic mass is 10.1. The number of nitrogens with two attached hydrogens (primary N) is 1. The van der Waals surface area contributed by atoms with Crippen LogP contribution in [0, 0.1) is 19.7 Å². The summed E-state index contributed by atoms with van der Waals surface area (Å²) >= 11 is 8.49. The summed E-state index contributed by atoms with van der Waals surface area (Å²) in [4.78, 5) is 0.344. The maximum atomic E-state index is 13.6. The van der Waals surface area contributed by atoms with E-state index in [9.17, 15) is 4.39 Å². The largest absolute Gasteiger partial charge is 0.389 e. The lowest BCUT2D eigenvalue weighted by Gasteiger charge is -2.13. The van der Waals surface area contributed by atoms with Crippen molar-refractivity contribution in [2.45, 2.75) is 20.4 Å². The highest BCUT2D eigenvalue weighted by Crippen LogP contribution is 2.23. The zero-order valence-corrected chi connectivity index (χ0v) is 14.2. The first-order valence-electron chi connectivity index (χ1n) is 6.47. The van der Waals surface area contributed by atoms with Gasteiger partial charge >= 0.3 is 0 Å². The van der Waals surface area contributed by atoms with Crippen LogP contribution in [0.15, 0.2) is 34.8 Å². The van der Waals surface area contributed by atoms with E-state index in [-0.39, 0.29) is 5.82 Å². The third-order valence-electron chi connectivity index (χ3n) is 3.23. The molecular formula is C16H16BrFN2S. The standard InChI is InChI=1S/C16H16BrFN2S/c1-9-5-11(6-10(2)15(9)18)8-20-14-7-12(17)3-4-13(14)16(19)21/h3-7,20H,8H2,1-2H3,(H2,19,21). The van der Waals surface area contributed by atoms with Crippen LogP contribution >= 0.6 is 28.1 Å². The second kappa shape index (κ2) is 6.54. The Morgan fingerprint density at radius 3 is 2.43 bits per heavy atom. The number of benzene rings is 2. The van der Waals surface area contributed by atoms with E-state index in [0.717, 1.165) is 21.3 Å². The van der Waals surface area contributed by atoms with E-state index in [2.05, 4.69) is 21.2 Å². The Kier molecular flexibility index (Phi) is 4.96. The highest BCUT2D eigenvalue weighted by Gasteiger charge is 2.08. The minimum absolute atomic E-state index is 0.148. The molecule has 5 heteroatoms. The van der Waals surface area contributed by atoms with Crippen LogP contribution in [0.5, 0.6) is 0 Å². The predicted molar refractivity (Wildman–Crippen MR) is 93.2 cm³/mol. The molecule has 0 saturated carbocycles. The fourth-order valence-corrected chi connectivity index (χ4v) is 2.75. The topological polar surface area (TPSA) is 38.0 Å². The predicted octanol–water partition coefficient (Wildman–Crippen LogP) is 4.45. The number of anilines is 1. The van der Waals surface area contributed by atoms with Crippen molar-refractivity contribution in [3.05, 3.63) is 62.9 Å². The zero-order chi connectivity index (χ0) is 15.6. The molecule has 2 nitrogen and oxygen atoms in total. The van der Waals surface area contributed by atoms with Gasteiger partial charge in [0.05, 0.1) is 0 Å². The van der Waals surface area contributed by atoms with E-state index in [1.165, 1.54) is 0 Å². The molecule has 2 aromatic rings. The Labute approximate surface area is 137 Å². The molecule has 21 heavy (non-hydrogen) atoms. The van der Waals surface area contributed by atoms with Crippen LogP contribution in [0.3, 0.4) is 0 Å². The van der Waals surface area contributed by atoms with Crippen molar-refractivity contribution in [3.63, 3.8) is 0 Å². The summed E-state index contributed by atoms with van der Waals surface area (Å²) in [5, 5.41) is 3.31. The number of rotatable bonds is 4. The van der Waals surface area contributed by atoms with Crippen molar-refractivity contribution < 1.29 is 4.39 Å². The Morgan fingerprint density at radius 2 is 1.86 bits per heavy atom. The summed E-state index contributed by atoms with van der Waals surface area (Å²) in [6, 6.07) is 9.38. The SMILES string of the molecule is Cc1cc(CNc2cc(Br)ccc2C(N)=S)cc(C)c1F. The van der Waals surface area contributed by atoms with Gasteiger partial charge in [0.15, 0.2) is 0 Å². The summed E-state index contributed by atoms with van der Waals surface area (Å²) in [6.07, 6.45) is 0. The Bertz CT molecular complexity index is 678. The number of nitrogens with one attached hydrogen (secondary N) is 1. The molecule has 0 atom stereocenters. The van der Waals surface area contributed by atoms with Gasteiger partial charge in [-0.15, -0.1) is 0 Å². The molecular weight excluding hydrogens is 351 g/mol. The molecule has 3 N–H and O–H groups in total. The molecule has 0 bridgehead atoms. The Hall–Kier alpha value is -1.46. The summed E-state index contributed by atoms with van der Waals surface area (Å²) in [5.41, 5.74) is 9.69. The van der Waals surface area contributed by atoms with Gasteiger partial charge in [-0.3, -0.25) is 0 Å². The van der Waals surface area contributed by atoms with E-state index in [0.29, 0.717) is 22.7 Å². The Balaban J connectivity index is 2.24. The second-order valence-electron chi connectivity index (χ2n) is 4.95. The average molecular weight is 367 g/mol. The fourth-order valence-electron chi connectivity index (χ4n) is 2.21. The third-order valence-corrected chi connectivity index (χ3v) is 3.94. The first-order chi connectivity index (χ1) is 9.88. The van der Waals surface area contributed by atoms with Gasteiger partial charge in [0.25, 0.3) is 0 Å². The van der Waals surface area contributed by atoms with Crippen LogP contribution in [0.2, 0.25) is 0 Å². The maximum absolute atomic E-state index is 13.6. The van der Waals surface area contributed by atoms with Gasteiger partial charge in [-0.1, -0.05) is 40.3 Å². The van der Waals surface area contributed by atoms with E-state index in [4.69, 9.17) is 18.0 Å². The number of aryl methyl sites for hydroxylation is 2. The zero-order valence-electron chi connectivity index (χ0n) is 11.8. The van der Waals surface area contributed by atoms with E-state index >= 15 is 0 Å². The highest BCUT2D eigenvalue weighted by atomic mass is 79.9. The maximum Gasteiger partial charge on any atom is 0.129 e. The molecule has 0 aliphatic heterocycles. The molecule has 0 heterocycles. The molecule has 0 radical (unpaired) electrons. The summed E-state index contributed by atoms with van der Waals surface area (Å²) in [5.74, 6) is -0.148. The van der Waals surface area contributed by atoms with Gasteiger partial charge in [-0.05, 0) is 48.7 Å². The lowest BCUT2D eigenvalue weighted by Crippen LogP contribution is -2.13. The van der Waals surface area contributed by atoms with Crippen LogP contribution in [-0.2, 0) is 6.54 Å². The number of thiocarbonyl (C=S) groups is 1. The number of hydrogen-bond donors (Lipinski definition) is 2. The van der Waals surface area contributed by atoms with Crippen LogP contribution in [-0.4, -0.2) is 4.99 Å². The molecule has 0 saturated heterocycles. The minimum Gasteiger partial charge on any atom is -0.389 e. The van der Waals surface area contributed by atoms with E-state index < -0.39 is 0 Å². The van der Waals surface area contributed by atoms with Crippen LogP contribution in [0.25, 0.3) is 0 Å². The molecule has 2 rings (SSSR count). The van der Waals surface area contributed by atoms with Crippen molar-refractivity contribution in [2.24, 2.45) is 5.73 Å². The summed E-state index contributed by atoms with van der Waals surface area (Å²) < 4.78 is 14.6. The molecule has 0 aliphatic rings. The smallest absolute Gasteiger partial charge is 0.129 e. The van der Waals surface area contributed by atoms with Gasteiger partial charge in [-0.25, -0.2) is 4.39 Å². The van der Waals surface area contributed by atoms with Crippen molar-refractivity contribution >= 4 is 38.8 Å². The first kappa shape index (κ1) is 15.9. The Morgan fingerprint density at radius 1 is 1.24 bits per heavy atom.